The normalized spacial score (nSPS) is 11.6. The predicted molar refractivity (Wildman–Crippen MR) is 163 cm³/mol. The first-order valence-corrected chi connectivity index (χ1v) is 14.0. The molecule has 4 aromatic rings. The molecule has 0 bridgehead atoms. The van der Waals surface area contributed by atoms with Crippen LogP contribution in [-0.4, -0.2) is 22.6 Å². The van der Waals surface area contributed by atoms with Crippen LogP contribution < -0.4 is 0 Å². The number of benzene rings is 4. The van der Waals surface area contributed by atoms with Crippen molar-refractivity contribution in [1.82, 2.24) is 0 Å². The molecule has 0 spiro atoms. The van der Waals surface area contributed by atoms with Crippen molar-refractivity contribution in [2.45, 2.75) is 13.8 Å². The number of aromatic hydroxyl groups is 2. The number of halogens is 4. The molecule has 0 aliphatic carbocycles. The van der Waals surface area contributed by atoms with Crippen LogP contribution in [0.15, 0.2) is 88.5 Å². The average Bonchev–Trinajstić information content (AvgIpc) is 2.83. The van der Waals surface area contributed by atoms with Gasteiger partial charge in [-0.15, -0.1) is 0 Å². The number of hydrogen-bond acceptors (Lipinski definition) is 4. The molecule has 8 heteroatoms. The number of hydrogen-bond donors (Lipinski definition) is 2. The van der Waals surface area contributed by atoms with Gasteiger partial charge in [0, 0.05) is 32.5 Å². The molecule has 182 valence electrons. The lowest BCUT2D eigenvalue weighted by molar-refractivity contribution is 0.470. The zero-order chi connectivity index (χ0) is 26.0. The molecule has 0 fully saturated rings. The Morgan fingerprint density at radius 2 is 0.972 bits per heavy atom. The standard InChI is InChI=1S/C28H20Br4N2O2/c1-15-7-17(3-5-25(15)33-13-19-9-21(29)11-23(31)27(19)35)18-4-6-26(16(2)8-18)34-14-20-10-22(30)12-24(32)28(20)36/h3-14,35-36H,1-2H3. The first kappa shape index (κ1) is 26.8. The van der Waals surface area contributed by atoms with Gasteiger partial charge in [0.1, 0.15) is 11.5 Å². The van der Waals surface area contributed by atoms with Crippen molar-refractivity contribution in [3.63, 3.8) is 0 Å². The number of phenolic OH excluding ortho intramolecular Hbond substituents is 2. The Morgan fingerprint density at radius 1 is 0.583 bits per heavy atom. The summed E-state index contributed by atoms with van der Waals surface area (Å²) >= 11 is 13.6. The van der Waals surface area contributed by atoms with Crippen LogP contribution >= 0.6 is 63.7 Å². The number of nitrogens with zero attached hydrogens (tertiary/aromatic N) is 2. The molecule has 0 unspecified atom stereocenters. The molecule has 0 aliphatic heterocycles. The van der Waals surface area contributed by atoms with Crippen molar-refractivity contribution in [1.29, 1.82) is 0 Å². The van der Waals surface area contributed by atoms with Crippen LogP contribution in [0, 0.1) is 13.8 Å². The number of aliphatic imine (C=N–C) groups is 2. The summed E-state index contributed by atoms with van der Waals surface area (Å²) < 4.78 is 2.92. The van der Waals surface area contributed by atoms with E-state index in [2.05, 4.69) is 85.8 Å². The smallest absolute Gasteiger partial charge is 0.138 e. The van der Waals surface area contributed by atoms with Gasteiger partial charge in [-0.25, -0.2) is 0 Å². The summed E-state index contributed by atoms with van der Waals surface area (Å²) in [6.07, 6.45) is 3.32. The van der Waals surface area contributed by atoms with Gasteiger partial charge in [0.2, 0.25) is 0 Å². The minimum atomic E-state index is 0.150. The summed E-state index contributed by atoms with van der Waals surface area (Å²) in [6.45, 7) is 4.03. The number of phenols is 2. The predicted octanol–water partition coefficient (Wildman–Crippen LogP) is 9.93. The molecular formula is C28H20Br4N2O2. The van der Waals surface area contributed by atoms with E-state index in [1.54, 1.807) is 24.6 Å². The monoisotopic (exact) mass is 732 g/mol. The molecule has 0 heterocycles. The van der Waals surface area contributed by atoms with Crippen molar-refractivity contribution in [2.24, 2.45) is 9.98 Å². The Labute approximate surface area is 243 Å². The lowest BCUT2D eigenvalue weighted by Gasteiger charge is -2.09. The van der Waals surface area contributed by atoms with Crippen molar-refractivity contribution in [3.05, 3.63) is 101 Å². The van der Waals surface area contributed by atoms with Gasteiger partial charge in [0.25, 0.3) is 0 Å². The highest BCUT2D eigenvalue weighted by atomic mass is 79.9. The fraction of sp³-hybridized carbons (Fsp3) is 0.0714. The molecule has 4 rings (SSSR count). The third kappa shape index (κ3) is 6.17. The molecule has 36 heavy (non-hydrogen) atoms. The highest BCUT2D eigenvalue weighted by molar-refractivity contribution is 9.11. The first-order valence-electron chi connectivity index (χ1n) is 10.8. The molecular weight excluding hydrogens is 716 g/mol. The Balaban J connectivity index is 1.57. The zero-order valence-electron chi connectivity index (χ0n) is 19.2. The maximum absolute atomic E-state index is 10.3. The summed E-state index contributed by atoms with van der Waals surface area (Å²) in [5.74, 6) is 0.300. The molecule has 4 aromatic carbocycles. The third-order valence-corrected chi connectivity index (χ3v) is 7.65. The summed E-state index contributed by atoms with van der Waals surface area (Å²) in [5.41, 5.74) is 7.09. The zero-order valence-corrected chi connectivity index (χ0v) is 25.6. The van der Waals surface area contributed by atoms with E-state index in [9.17, 15) is 10.2 Å². The average molecular weight is 736 g/mol. The summed E-state index contributed by atoms with van der Waals surface area (Å²) in [4.78, 5) is 9.17. The molecule has 0 atom stereocenters. The van der Waals surface area contributed by atoms with E-state index < -0.39 is 0 Å². The summed E-state index contributed by atoms with van der Waals surface area (Å²) in [7, 11) is 0. The van der Waals surface area contributed by atoms with E-state index in [4.69, 9.17) is 0 Å². The van der Waals surface area contributed by atoms with Crippen LogP contribution in [0.2, 0.25) is 0 Å². The van der Waals surface area contributed by atoms with Gasteiger partial charge in [-0.2, -0.15) is 0 Å². The van der Waals surface area contributed by atoms with Gasteiger partial charge >= 0.3 is 0 Å². The Hall–Kier alpha value is -2.26. The topological polar surface area (TPSA) is 65.2 Å². The Kier molecular flexibility index (Phi) is 8.50. The van der Waals surface area contributed by atoms with Crippen LogP contribution in [-0.2, 0) is 0 Å². The van der Waals surface area contributed by atoms with Crippen molar-refractivity contribution < 1.29 is 10.2 Å². The number of rotatable bonds is 5. The van der Waals surface area contributed by atoms with Crippen molar-refractivity contribution >= 4 is 87.5 Å². The van der Waals surface area contributed by atoms with E-state index in [0.29, 0.717) is 20.1 Å². The fourth-order valence-corrected chi connectivity index (χ4v) is 6.12. The van der Waals surface area contributed by atoms with Gasteiger partial charge in [-0.05, 0) is 116 Å². The highest BCUT2D eigenvalue weighted by Crippen LogP contribution is 2.34. The molecule has 0 aromatic heterocycles. The van der Waals surface area contributed by atoms with Gasteiger partial charge in [-0.1, -0.05) is 44.0 Å². The second-order valence-corrected chi connectivity index (χ2v) is 11.7. The van der Waals surface area contributed by atoms with Crippen molar-refractivity contribution in [2.75, 3.05) is 0 Å². The SMILES string of the molecule is Cc1cc(-c2ccc(N=Cc3cc(Br)cc(Br)c3O)c(C)c2)ccc1N=Cc1cc(Br)cc(Br)c1O. The third-order valence-electron chi connectivity index (χ3n) is 5.53. The first-order chi connectivity index (χ1) is 17.1. The van der Waals surface area contributed by atoms with Crippen LogP contribution in [0.3, 0.4) is 0 Å². The van der Waals surface area contributed by atoms with E-state index in [0.717, 1.165) is 42.6 Å². The van der Waals surface area contributed by atoms with Crippen LogP contribution in [0.25, 0.3) is 11.1 Å². The summed E-state index contributed by atoms with van der Waals surface area (Å²) in [5, 5.41) is 20.5. The molecule has 0 saturated heterocycles. The maximum atomic E-state index is 10.3. The molecule has 4 nitrogen and oxygen atoms in total. The maximum Gasteiger partial charge on any atom is 0.138 e. The molecule has 0 saturated carbocycles. The minimum Gasteiger partial charge on any atom is -0.506 e. The van der Waals surface area contributed by atoms with E-state index >= 15 is 0 Å². The minimum absolute atomic E-state index is 0.150. The van der Waals surface area contributed by atoms with E-state index in [1.165, 1.54) is 0 Å². The van der Waals surface area contributed by atoms with Gasteiger partial charge < -0.3 is 10.2 Å². The molecule has 0 radical (unpaired) electrons. The second kappa shape index (κ2) is 11.4. The van der Waals surface area contributed by atoms with Crippen LogP contribution in [0.1, 0.15) is 22.3 Å². The van der Waals surface area contributed by atoms with E-state index in [-0.39, 0.29) is 11.5 Å². The lowest BCUT2D eigenvalue weighted by Crippen LogP contribution is -1.87. The van der Waals surface area contributed by atoms with Crippen molar-refractivity contribution in [3.8, 4) is 22.6 Å². The molecule has 0 aliphatic rings. The van der Waals surface area contributed by atoms with Gasteiger partial charge in [0.15, 0.2) is 0 Å². The van der Waals surface area contributed by atoms with E-state index in [1.807, 2.05) is 50.2 Å². The summed E-state index contributed by atoms with van der Waals surface area (Å²) in [6, 6.07) is 19.4. The molecule has 0 amide bonds. The quantitative estimate of drug-likeness (QED) is 0.201. The lowest BCUT2D eigenvalue weighted by atomic mass is 10.00. The Morgan fingerprint density at radius 3 is 1.33 bits per heavy atom. The van der Waals surface area contributed by atoms with Gasteiger partial charge in [0.05, 0.1) is 20.3 Å². The second-order valence-electron chi connectivity index (χ2n) is 8.17. The molecule has 2 N–H and O–H groups in total. The van der Waals surface area contributed by atoms with Crippen LogP contribution in [0.4, 0.5) is 11.4 Å². The highest BCUT2D eigenvalue weighted by Gasteiger charge is 2.08. The number of aryl methyl sites for hydroxylation is 2. The largest absolute Gasteiger partial charge is 0.506 e. The van der Waals surface area contributed by atoms with Crippen LogP contribution in [0.5, 0.6) is 11.5 Å². The van der Waals surface area contributed by atoms with Gasteiger partial charge in [-0.3, -0.25) is 9.98 Å². The fourth-order valence-electron chi connectivity index (χ4n) is 3.61. The Bertz CT molecular complexity index is 1420.